The molecule has 2 amide bonds. The first-order valence-electron chi connectivity index (χ1n) is 9.66. The first kappa shape index (κ1) is 19.9. The van der Waals surface area contributed by atoms with Crippen molar-refractivity contribution in [3.8, 4) is 0 Å². The molecule has 1 aliphatic heterocycles. The molecule has 5 heteroatoms. The van der Waals surface area contributed by atoms with Gasteiger partial charge < -0.3 is 5.32 Å². The van der Waals surface area contributed by atoms with Crippen LogP contribution in [0.15, 0.2) is 72.4 Å². The van der Waals surface area contributed by atoms with Crippen LogP contribution in [0.3, 0.4) is 0 Å². The van der Waals surface area contributed by atoms with Gasteiger partial charge in [-0.1, -0.05) is 54.1 Å². The summed E-state index contributed by atoms with van der Waals surface area (Å²) in [5.74, 6) is -0.732. The molecule has 0 bridgehead atoms. The van der Waals surface area contributed by atoms with E-state index in [9.17, 15) is 9.59 Å². The fourth-order valence-electron chi connectivity index (χ4n) is 3.58. The Morgan fingerprint density at radius 2 is 1.43 bits per heavy atom. The third kappa shape index (κ3) is 3.40. The molecule has 3 aromatic rings. The average molecular weight is 417 g/mol. The second-order valence-electron chi connectivity index (χ2n) is 7.36. The fraction of sp³-hybridized carbons (Fsp3) is 0.120. The number of hydrogen-bond acceptors (Lipinski definition) is 3. The van der Waals surface area contributed by atoms with Crippen LogP contribution in [0.2, 0.25) is 5.02 Å². The summed E-state index contributed by atoms with van der Waals surface area (Å²) < 4.78 is 0. The lowest BCUT2D eigenvalue weighted by atomic mass is 10.0. The SMILES string of the molecule is Cc1ccccc1N1C(=O)C(Nc2cccc(C)c2C)=C(c2ccc(Cl)cc2)C1=O. The van der Waals surface area contributed by atoms with Gasteiger partial charge in [0.1, 0.15) is 5.70 Å². The first-order chi connectivity index (χ1) is 14.4. The van der Waals surface area contributed by atoms with Crippen LogP contribution in [0.5, 0.6) is 0 Å². The van der Waals surface area contributed by atoms with Crippen LogP contribution >= 0.6 is 11.6 Å². The maximum absolute atomic E-state index is 13.5. The van der Waals surface area contributed by atoms with E-state index in [1.807, 2.05) is 57.2 Å². The summed E-state index contributed by atoms with van der Waals surface area (Å²) in [4.78, 5) is 28.2. The second kappa shape index (κ2) is 7.81. The monoisotopic (exact) mass is 416 g/mol. The van der Waals surface area contributed by atoms with Crippen molar-refractivity contribution in [2.24, 2.45) is 0 Å². The molecule has 150 valence electrons. The number of hydrogen-bond donors (Lipinski definition) is 1. The van der Waals surface area contributed by atoms with Crippen molar-refractivity contribution in [2.75, 3.05) is 10.2 Å². The first-order valence-corrected chi connectivity index (χ1v) is 10.0. The van der Waals surface area contributed by atoms with Gasteiger partial charge in [0.2, 0.25) is 0 Å². The molecule has 0 saturated heterocycles. The minimum absolute atomic E-state index is 0.263. The topological polar surface area (TPSA) is 49.4 Å². The van der Waals surface area contributed by atoms with E-state index in [4.69, 9.17) is 11.6 Å². The number of aryl methyl sites for hydroxylation is 2. The largest absolute Gasteiger partial charge is 0.350 e. The van der Waals surface area contributed by atoms with Crippen LogP contribution < -0.4 is 10.2 Å². The van der Waals surface area contributed by atoms with E-state index in [0.29, 0.717) is 21.8 Å². The zero-order valence-electron chi connectivity index (χ0n) is 17.0. The van der Waals surface area contributed by atoms with Gasteiger partial charge in [0.15, 0.2) is 0 Å². The minimum atomic E-state index is -0.375. The van der Waals surface area contributed by atoms with Gasteiger partial charge >= 0.3 is 0 Å². The molecule has 4 rings (SSSR count). The Hall–Kier alpha value is -3.37. The van der Waals surface area contributed by atoms with Crippen molar-refractivity contribution in [1.82, 2.24) is 0 Å². The molecule has 1 heterocycles. The summed E-state index contributed by atoms with van der Waals surface area (Å²) in [6.07, 6.45) is 0. The quantitative estimate of drug-likeness (QED) is 0.558. The predicted octanol–water partition coefficient (Wildman–Crippen LogP) is 5.66. The minimum Gasteiger partial charge on any atom is -0.350 e. The molecule has 0 fully saturated rings. The molecule has 0 atom stereocenters. The van der Waals surface area contributed by atoms with Gasteiger partial charge in [-0.3, -0.25) is 9.59 Å². The molecule has 4 nitrogen and oxygen atoms in total. The number of para-hydroxylation sites is 1. The zero-order chi connectivity index (χ0) is 21.4. The smallest absolute Gasteiger partial charge is 0.282 e. The lowest BCUT2D eigenvalue weighted by Crippen LogP contribution is -2.33. The Kier molecular flexibility index (Phi) is 5.18. The molecule has 0 aliphatic carbocycles. The highest BCUT2D eigenvalue weighted by molar-refractivity contribution is 6.46. The normalized spacial score (nSPS) is 13.9. The Labute approximate surface area is 180 Å². The lowest BCUT2D eigenvalue weighted by molar-refractivity contribution is -0.120. The molecule has 1 aliphatic rings. The van der Waals surface area contributed by atoms with E-state index < -0.39 is 0 Å². The fourth-order valence-corrected chi connectivity index (χ4v) is 3.71. The maximum Gasteiger partial charge on any atom is 0.282 e. The summed E-state index contributed by atoms with van der Waals surface area (Å²) in [6, 6.07) is 20.2. The van der Waals surface area contributed by atoms with Gasteiger partial charge in [0.25, 0.3) is 11.8 Å². The molecular weight excluding hydrogens is 396 g/mol. The Balaban J connectivity index is 1.87. The number of rotatable bonds is 4. The van der Waals surface area contributed by atoms with Gasteiger partial charge in [-0.25, -0.2) is 4.90 Å². The van der Waals surface area contributed by atoms with Gasteiger partial charge in [-0.05, 0) is 67.3 Å². The van der Waals surface area contributed by atoms with Crippen LogP contribution in [0, 0.1) is 20.8 Å². The average Bonchev–Trinajstić information content (AvgIpc) is 2.96. The standard InChI is InChI=1S/C25H21ClN2O2/c1-15-8-6-9-20(17(15)3)27-23-22(18-11-13-19(26)14-12-18)24(29)28(25(23)30)21-10-5-4-7-16(21)2/h4-14,27H,1-3H3. The summed E-state index contributed by atoms with van der Waals surface area (Å²) >= 11 is 6.04. The van der Waals surface area contributed by atoms with E-state index in [1.54, 1.807) is 30.3 Å². The maximum atomic E-state index is 13.5. The van der Waals surface area contributed by atoms with E-state index in [0.717, 1.165) is 22.4 Å². The number of amides is 2. The molecule has 0 saturated carbocycles. The van der Waals surface area contributed by atoms with Crippen molar-refractivity contribution >= 4 is 40.4 Å². The number of carbonyl (C=O) groups excluding carboxylic acids is 2. The highest BCUT2D eigenvalue weighted by Crippen LogP contribution is 2.36. The van der Waals surface area contributed by atoms with Crippen LogP contribution in [0.1, 0.15) is 22.3 Å². The number of carbonyl (C=O) groups is 2. The van der Waals surface area contributed by atoms with Crippen molar-refractivity contribution in [1.29, 1.82) is 0 Å². The third-order valence-electron chi connectivity index (χ3n) is 5.44. The van der Waals surface area contributed by atoms with E-state index in [-0.39, 0.29) is 17.5 Å². The van der Waals surface area contributed by atoms with Crippen LogP contribution in [-0.2, 0) is 9.59 Å². The zero-order valence-corrected chi connectivity index (χ0v) is 17.7. The molecule has 0 unspecified atom stereocenters. The molecule has 3 aromatic carbocycles. The number of anilines is 2. The summed E-state index contributed by atoms with van der Waals surface area (Å²) in [5.41, 5.74) is 5.58. The van der Waals surface area contributed by atoms with E-state index >= 15 is 0 Å². The van der Waals surface area contributed by atoms with Crippen LogP contribution in [0.4, 0.5) is 11.4 Å². The molecule has 0 aromatic heterocycles. The summed E-state index contributed by atoms with van der Waals surface area (Å²) in [5, 5.41) is 3.81. The number of nitrogens with zero attached hydrogens (tertiary/aromatic N) is 1. The molecular formula is C25H21ClN2O2. The van der Waals surface area contributed by atoms with E-state index in [1.165, 1.54) is 4.90 Å². The van der Waals surface area contributed by atoms with Crippen LogP contribution in [-0.4, -0.2) is 11.8 Å². The number of nitrogens with one attached hydrogen (secondary N) is 1. The Morgan fingerprint density at radius 1 is 0.767 bits per heavy atom. The Bertz CT molecular complexity index is 1200. The second-order valence-corrected chi connectivity index (χ2v) is 7.80. The van der Waals surface area contributed by atoms with Gasteiger partial charge in [-0.2, -0.15) is 0 Å². The number of halogens is 1. The summed E-state index contributed by atoms with van der Waals surface area (Å²) in [7, 11) is 0. The third-order valence-corrected chi connectivity index (χ3v) is 5.69. The lowest BCUT2D eigenvalue weighted by Gasteiger charge is -2.18. The van der Waals surface area contributed by atoms with Crippen molar-refractivity contribution < 1.29 is 9.59 Å². The highest BCUT2D eigenvalue weighted by Gasteiger charge is 2.40. The van der Waals surface area contributed by atoms with Crippen molar-refractivity contribution in [3.05, 3.63) is 99.7 Å². The van der Waals surface area contributed by atoms with Crippen molar-refractivity contribution in [3.63, 3.8) is 0 Å². The van der Waals surface area contributed by atoms with Crippen molar-refractivity contribution in [2.45, 2.75) is 20.8 Å². The highest BCUT2D eigenvalue weighted by atomic mass is 35.5. The number of imide groups is 1. The van der Waals surface area contributed by atoms with Gasteiger partial charge in [0.05, 0.1) is 11.3 Å². The predicted molar refractivity (Wildman–Crippen MR) is 122 cm³/mol. The molecule has 1 N–H and O–H groups in total. The van der Waals surface area contributed by atoms with Gasteiger partial charge in [0, 0.05) is 10.7 Å². The van der Waals surface area contributed by atoms with E-state index in [2.05, 4.69) is 5.32 Å². The molecule has 30 heavy (non-hydrogen) atoms. The summed E-state index contributed by atoms with van der Waals surface area (Å²) in [6.45, 7) is 5.88. The van der Waals surface area contributed by atoms with Crippen LogP contribution in [0.25, 0.3) is 5.57 Å². The molecule has 0 radical (unpaired) electrons. The molecule has 0 spiro atoms. The Morgan fingerprint density at radius 3 is 2.13 bits per heavy atom. The van der Waals surface area contributed by atoms with Gasteiger partial charge in [-0.15, -0.1) is 0 Å². The number of benzene rings is 3.